The van der Waals surface area contributed by atoms with Gasteiger partial charge in [-0.05, 0) is 64.3 Å². The molecule has 0 aliphatic rings. The molecule has 0 atom stereocenters. The lowest BCUT2D eigenvalue weighted by Crippen LogP contribution is -2.13. The second kappa shape index (κ2) is 7.28. The average molecular weight is 457 g/mol. The number of anilines is 1. The van der Waals surface area contributed by atoms with Gasteiger partial charge in [0.1, 0.15) is 4.21 Å². The summed E-state index contributed by atoms with van der Waals surface area (Å²) < 4.78 is 28.4. The fourth-order valence-electron chi connectivity index (χ4n) is 1.62. The number of hydrogen-bond donors (Lipinski definition) is 2. The van der Waals surface area contributed by atoms with Crippen LogP contribution in [-0.4, -0.2) is 15.0 Å². The van der Waals surface area contributed by atoms with E-state index in [1.54, 1.807) is 24.3 Å². The van der Waals surface area contributed by atoms with Gasteiger partial charge in [-0.15, -0.1) is 11.3 Å². The predicted octanol–water partition coefficient (Wildman–Crippen LogP) is 3.92. The predicted molar refractivity (Wildman–Crippen MR) is 96.7 cm³/mol. The van der Waals surface area contributed by atoms with Crippen LogP contribution in [0.4, 0.5) is 5.69 Å². The van der Waals surface area contributed by atoms with Gasteiger partial charge in [0.25, 0.3) is 10.0 Å². The summed E-state index contributed by atoms with van der Waals surface area (Å²) in [5.74, 6) is 0. The summed E-state index contributed by atoms with van der Waals surface area (Å²) in [7, 11) is -3.60. The zero-order valence-electron chi connectivity index (χ0n) is 11.2. The van der Waals surface area contributed by atoms with Crippen molar-refractivity contribution in [2.45, 2.75) is 17.7 Å². The minimum atomic E-state index is -3.60. The number of halogens is 2. The highest BCUT2D eigenvalue weighted by atomic mass is 127. The maximum absolute atomic E-state index is 12.3. The van der Waals surface area contributed by atoms with Gasteiger partial charge in [-0.3, -0.25) is 4.72 Å². The fraction of sp³-hybridized carbons (Fsp3) is 0.231. The molecule has 0 unspecified atom stereocenters. The monoisotopic (exact) mass is 456 g/mol. The zero-order chi connectivity index (χ0) is 15.5. The molecule has 0 fully saturated rings. The van der Waals surface area contributed by atoms with Crippen LogP contribution in [0.25, 0.3) is 0 Å². The Bertz CT molecular complexity index is 732. The molecule has 0 saturated heterocycles. The lowest BCUT2D eigenvalue weighted by molar-refractivity contribution is 0.603. The number of benzene rings is 1. The molecule has 0 amide bonds. The van der Waals surface area contributed by atoms with Crippen LogP contribution in [0, 0.1) is 3.57 Å². The Balaban J connectivity index is 2.19. The van der Waals surface area contributed by atoms with Gasteiger partial charge in [0.15, 0.2) is 0 Å². The summed E-state index contributed by atoms with van der Waals surface area (Å²) in [6.45, 7) is 3.51. The Kier molecular flexibility index (Phi) is 5.89. The average Bonchev–Trinajstić information content (AvgIpc) is 2.89. The summed E-state index contributed by atoms with van der Waals surface area (Å²) in [5.41, 5.74) is 1.34. The van der Waals surface area contributed by atoms with Crippen molar-refractivity contribution in [1.82, 2.24) is 5.32 Å². The van der Waals surface area contributed by atoms with Crippen molar-refractivity contribution in [2.24, 2.45) is 0 Å². The second-order valence-electron chi connectivity index (χ2n) is 4.28. The van der Waals surface area contributed by atoms with E-state index in [9.17, 15) is 8.42 Å². The molecule has 0 aliphatic carbocycles. The molecule has 2 rings (SSSR count). The van der Waals surface area contributed by atoms with Gasteiger partial charge < -0.3 is 5.32 Å². The van der Waals surface area contributed by atoms with E-state index >= 15 is 0 Å². The van der Waals surface area contributed by atoms with Crippen LogP contribution in [0.3, 0.4) is 0 Å². The van der Waals surface area contributed by atoms with E-state index in [2.05, 4.69) is 32.6 Å². The second-order valence-corrected chi connectivity index (χ2v) is 8.76. The minimum Gasteiger partial charge on any atom is -0.313 e. The Morgan fingerprint density at radius 1 is 1.33 bits per heavy atom. The van der Waals surface area contributed by atoms with Crippen molar-refractivity contribution in [3.8, 4) is 0 Å². The van der Waals surface area contributed by atoms with Crippen LogP contribution in [-0.2, 0) is 16.6 Å². The van der Waals surface area contributed by atoms with Crippen molar-refractivity contribution < 1.29 is 8.42 Å². The van der Waals surface area contributed by atoms with E-state index in [4.69, 9.17) is 11.6 Å². The Morgan fingerprint density at radius 2 is 2.10 bits per heavy atom. The van der Waals surface area contributed by atoms with Crippen molar-refractivity contribution >= 4 is 61.2 Å². The first-order chi connectivity index (χ1) is 9.92. The highest BCUT2D eigenvalue weighted by Crippen LogP contribution is 2.28. The molecule has 0 bridgehead atoms. The first-order valence-electron chi connectivity index (χ1n) is 6.18. The molecular weight excluding hydrogens is 443 g/mol. The molecule has 1 aromatic heterocycles. The van der Waals surface area contributed by atoms with Crippen molar-refractivity contribution in [3.63, 3.8) is 0 Å². The van der Waals surface area contributed by atoms with Crippen LogP contribution in [0.15, 0.2) is 33.9 Å². The van der Waals surface area contributed by atoms with Crippen molar-refractivity contribution in [3.05, 3.63) is 43.8 Å². The SMILES string of the molecule is CCNCc1csc(S(=O)(=O)Nc2ccc(I)cc2Cl)c1. The third-order valence-corrected chi connectivity index (χ3v) is 6.49. The fourth-order valence-corrected chi connectivity index (χ4v) is 4.87. The Morgan fingerprint density at radius 3 is 2.76 bits per heavy atom. The maximum atomic E-state index is 12.3. The van der Waals surface area contributed by atoms with Gasteiger partial charge >= 0.3 is 0 Å². The zero-order valence-corrected chi connectivity index (χ0v) is 15.7. The van der Waals surface area contributed by atoms with Crippen LogP contribution in [0.1, 0.15) is 12.5 Å². The molecule has 1 heterocycles. The lowest BCUT2D eigenvalue weighted by atomic mass is 10.3. The molecule has 0 radical (unpaired) electrons. The van der Waals surface area contributed by atoms with Gasteiger partial charge in [0, 0.05) is 10.1 Å². The maximum Gasteiger partial charge on any atom is 0.271 e. The lowest BCUT2D eigenvalue weighted by Gasteiger charge is -2.08. The molecule has 21 heavy (non-hydrogen) atoms. The van der Waals surface area contributed by atoms with E-state index in [1.807, 2.05) is 12.3 Å². The van der Waals surface area contributed by atoms with Crippen molar-refractivity contribution in [1.29, 1.82) is 0 Å². The normalized spacial score (nSPS) is 11.6. The molecule has 1 aromatic carbocycles. The number of sulfonamides is 1. The highest BCUT2D eigenvalue weighted by molar-refractivity contribution is 14.1. The summed E-state index contributed by atoms with van der Waals surface area (Å²) >= 11 is 9.38. The first kappa shape index (κ1) is 17.0. The van der Waals surface area contributed by atoms with E-state index in [-0.39, 0.29) is 4.21 Å². The minimum absolute atomic E-state index is 0.282. The first-order valence-corrected chi connectivity index (χ1v) is 10.0. The number of rotatable bonds is 6. The summed E-state index contributed by atoms with van der Waals surface area (Å²) in [4.78, 5) is 0. The molecule has 0 aliphatic heterocycles. The van der Waals surface area contributed by atoms with Gasteiger partial charge in [0.05, 0.1) is 10.7 Å². The summed E-state index contributed by atoms with van der Waals surface area (Å²) in [6.07, 6.45) is 0. The number of hydrogen-bond acceptors (Lipinski definition) is 4. The molecule has 114 valence electrons. The molecular formula is C13H14ClIN2O2S2. The Labute approximate surface area is 147 Å². The standard InChI is InChI=1S/C13H14ClIN2O2S2/c1-2-16-7-9-5-13(20-8-9)21(18,19)17-12-4-3-10(15)6-11(12)14/h3-6,8,16-17H,2,7H2,1H3. The van der Waals surface area contributed by atoms with Crippen LogP contribution in [0.2, 0.25) is 5.02 Å². The molecule has 0 saturated carbocycles. The van der Waals surface area contributed by atoms with E-state index in [0.717, 1.165) is 15.7 Å². The molecule has 4 nitrogen and oxygen atoms in total. The van der Waals surface area contributed by atoms with E-state index < -0.39 is 10.0 Å². The third kappa shape index (κ3) is 4.56. The topological polar surface area (TPSA) is 58.2 Å². The largest absolute Gasteiger partial charge is 0.313 e. The van der Waals surface area contributed by atoms with Crippen LogP contribution in [0.5, 0.6) is 0 Å². The smallest absolute Gasteiger partial charge is 0.271 e. The summed E-state index contributed by atoms with van der Waals surface area (Å²) in [6, 6.07) is 6.85. The van der Waals surface area contributed by atoms with Gasteiger partial charge in [0.2, 0.25) is 0 Å². The highest BCUT2D eigenvalue weighted by Gasteiger charge is 2.18. The molecule has 2 aromatic rings. The molecule has 2 N–H and O–H groups in total. The van der Waals surface area contributed by atoms with Crippen molar-refractivity contribution in [2.75, 3.05) is 11.3 Å². The van der Waals surface area contributed by atoms with Gasteiger partial charge in [-0.25, -0.2) is 8.42 Å². The number of thiophene rings is 1. The van der Waals surface area contributed by atoms with Crippen LogP contribution >= 0.6 is 45.5 Å². The summed E-state index contributed by atoms with van der Waals surface area (Å²) in [5, 5.41) is 5.39. The van der Waals surface area contributed by atoms with E-state index in [1.165, 1.54) is 11.3 Å². The molecule has 0 spiro atoms. The van der Waals surface area contributed by atoms with Gasteiger partial charge in [-0.1, -0.05) is 18.5 Å². The van der Waals surface area contributed by atoms with Gasteiger partial charge in [-0.2, -0.15) is 0 Å². The van der Waals surface area contributed by atoms with Crippen LogP contribution < -0.4 is 10.0 Å². The quantitative estimate of drug-likeness (QED) is 0.648. The molecule has 8 heteroatoms. The Hall–Kier alpha value is -0.350. The number of nitrogens with one attached hydrogen (secondary N) is 2. The van der Waals surface area contributed by atoms with E-state index in [0.29, 0.717) is 17.3 Å². The third-order valence-electron chi connectivity index (χ3n) is 2.65.